The molecule has 0 unspecified atom stereocenters. The first-order valence-corrected chi connectivity index (χ1v) is 14.4. The van der Waals surface area contributed by atoms with Gasteiger partial charge in [-0.25, -0.2) is 0 Å². The third-order valence-corrected chi connectivity index (χ3v) is 8.06. The first-order chi connectivity index (χ1) is 20.7. The fraction of sp³-hybridized carbons (Fsp3) is 0.375. The van der Waals surface area contributed by atoms with Gasteiger partial charge in [0.05, 0.1) is 17.2 Å². The Bertz CT molecular complexity index is 1430. The third-order valence-electron chi connectivity index (χ3n) is 8.06. The summed E-state index contributed by atoms with van der Waals surface area (Å²) in [7, 11) is 0. The van der Waals surface area contributed by atoms with Crippen molar-refractivity contribution in [2.45, 2.75) is 38.1 Å². The van der Waals surface area contributed by atoms with E-state index in [1.807, 2.05) is 29.2 Å². The SMILES string of the molecule is N#Cc1ccc(CN2CCC(NC(=O)c3ccc(C(=N)N4CCN(Cc5ccc(C(F)(F)F)cc5)CC4)cn3)CC2)cc1. The zero-order valence-corrected chi connectivity index (χ0v) is 23.8. The van der Waals surface area contributed by atoms with Gasteiger partial charge in [0.1, 0.15) is 11.5 Å². The highest BCUT2D eigenvalue weighted by atomic mass is 19.4. The minimum atomic E-state index is -4.34. The molecule has 3 heterocycles. The number of nitrogens with zero attached hydrogens (tertiary/aromatic N) is 5. The molecule has 3 aromatic rings. The molecular formula is C32H34F3N7O. The van der Waals surface area contributed by atoms with E-state index >= 15 is 0 Å². The maximum atomic E-state index is 12.8. The molecule has 2 aliphatic rings. The van der Waals surface area contributed by atoms with Gasteiger partial charge in [0, 0.05) is 70.2 Å². The Kier molecular flexibility index (Phi) is 9.38. The van der Waals surface area contributed by atoms with Crippen molar-refractivity contribution in [2.75, 3.05) is 39.3 Å². The van der Waals surface area contributed by atoms with Gasteiger partial charge in [0.2, 0.25) is 0 Å². The summed E-state index contributed by atoms with van der Waals surface area (Å²) >= 11 is 0. The number of hydrogen-bond donors (Lipinski definition) is 2. The van der Waals surface area contributed by atoms with Crippen molar-refractivity contribution in [1.29, 1.82) is 10.7 Å². The number of amidine groups is 1. The second kappa shape index (κ2) is 13.4. The van der Waals surface area contributed by atoms with Crippen LogP contribution in [0.3, 0.4) is 0 Å². The largest absolute Gasteiger partial charge is 0.416 e. The Hall–Kier alpha value is -4.27. The van der Waals surface area contributed by atoms with Crippen molar-refractivity contribution in [3.8, 4) is 6.07 Å². The number of alkyl halides is 3. The van der Waals surface area contributed by atoms with Gasteiger partial charge in [-0.1, -0.05) is 24.3 Å². The molecule has 2 N–H and O–H groups in total. The van der Waals surface area contributed by atoms with E-state index in [9.17, 15) is 18.0 Å². The molecule has 224 valence electrons. The molecule has 1 amide bonds. The zero-order chi connectivity index (χ0) is 30.4. The van der Waals surface area contributed by atoms with E-state index in [4.69, 9.17) is 10.7 Å². The van der Waals surface area contributed by atoms with Crippen molar-refractivity contribution in [3.05, 3.63) is 100 Å². The molecule has 0 bridgehead atoms. The summed E-state index contributed by atoms with van der Waals surface area (Å²) in [6.07, 6.45) is -1.09. The highest BCUT2D eigenvalue weighted by Crippen LogP contribution is 2.29. The molecule has 8 nitrogen and oxygen atoms in total. The molecule has 0 saturated carbocycles. The molecule has 2 aromatic carbocycles. The smallest absolute Gasteiger partial charge is 0.354 e. The lowest BCUT2D eigenvalue weighted by molar-refractivity contribution is -0.137. The van der Waals surface area contributed by atoms with E-state index in [2.05, 4.69) is 26.2 Å². The molecule has 0 atom stereocenters. The molecule has 2 saturated heterocycles. The number of hydrogen-bond acceptors (Lipinski definition) is 6. The normalized spacial score (nSPS) is 16.9. The first-order valence-electron chi connectivity index (χ1n) is 14.4. The molecule has 0 radical (unpaired) electrons. The summed E-state index contributed by atoms with van der Waals surface area (Å²) in [6, 6.07) is 18.5. The van der Waals surface area contributed by atoms with Gasteiger partial charge >= 0.3 is 6.18 Å². The number of halogens is 3. The number of rotatable bonds is 7. The Morgan fingerprint density at radius 2 is 1.47 bits per heavy atom. The highest BCUT2D eigenvalue weighted by molar-refractivity contribution is 5.97. The van der Waals surface area contributed by atoms with Gasteiger partial charge in [0.15, 0.2) is 0 Å². The molecule has 11 heteroatoms. The third kappa shape index (κ3) is 7.97. The molecular weight excluding hydrogens is 555 g/mol. The number of piperazine rings is 1. The van der Waals surface area contributed by atoms with Crippen LogP contribution in [0.25, 0.3) is 0 Å². The van der Waals surface area contributed by atoms with Gasteiger partial charge in [-0.15, -0.1) is 0 Å². The Morgan fingerprint density at radius 1 is 0.884 bits per heavy atom. The van der Waals surface area contributed by atoms with Gasteiger partial charge in [0.25, 0.3) is 5.91 Å². The van der Waals surface area contributed by atoms with Crippen molar-refractivity contribution in [2.24, 2.45) is 0 Å². The number of benzene rings is 2. The van der Waals surface area contributed by atoms with Crippen molar-refractivity contribution < 1.29 is 18.0 Å². The van der Waals surface area contributed by atoms with E-state index in [1.54, 1.807) is 18.3 Å². The molecule has 2 fully saturated rings. The minimum absolute atomic E-state index is 0.0726. The second-order valence-electron chi connectivity index (χ2n) is 11.1. The van der Waals surface area contributed by atoms with E-state index < -0.39 is 11.7 Å². The van der Waals surface area contributed by atoms with Crippen LogP contribution in [0.4, 0.5) is 13.2 Å². The molecule has 2 aliphatic heterocycles. The van der Waals surface area contributed by atoms with Crippen LogP contribution in [0.15, 0.2) is 66.9 Å². The summed E-state index contributed by atoms with van der Waals surface area (Å²) in [6.45, 7) is 5.71. The molecule has 0 aliphatic carbocycles. The molecule has 1 aromatic heterocycles. The number of likely N-dealkylation sites (tertiary alicyclic amines) is 1. The monoisotopic (exact) mass is 589 g/mol. The number of nitrogens with one attached hydrogen (secondary N) is 2. The van der Waals surface area contributed by atoms with E-state index in [-0.39, 0.29) is 11.9 Å². The van der Waals surface area contributed by atoms with E-state index in [1.165, 1.54) is 12.1 Å². The lowest BCUT2D eigenvalue weighted by Gasteiger charge is -2.36. The number of carbonyl (C=O) groups excluding carboxylic acids is 1. The second-order valence-corrected chi connectivity index (χ2v) is 11.1. The molecule has 5 rings (SSSR count). The van der Waals surface area contributed by atoms with Crippen LogP contribution in [0.2, 0.25) is 0 Å². The lowest BCUT2D eigenvalue weighted by Crippen LogP contribution is -2.48. The first kappa shape index (κ1) is 30.2. The topological polar surface area (TPSA) is 99.3 Å². The summed E-state index contributed by atoms with van der Waals surface area (Å²) in [5.41, 5.74) is 2.94. The Balaban J connectivity index is 1.04. The zero-order valence-electron chi connectivity index (χ0n) is 23.8. The van der Waals surface area contributed by atoms with Crippen molar-refractivity contribution in [3.63, 3.8) is 0 Å². The standard InChI is InChI=1S/C32H34F3N7O/c33-32(34,35)27-8-5-25(6-9-27)22-41-15-17-42(18-16-41)30(37)26-7-10-29(38-20-26)31(43)39-28-11-13-40(14-12-28)21-24-3-1-23(19-36)2-4-24/h1-10,20,28,37H,11-18,21-22H2,(H,39,43). The summed E-state index contributed by atoms with van der Waals surface area (Å²) in [4.78, 5) is 23.6. The Labute approximate surface area is 249 Å². The van der Waals surface area contributed by atoms with E-state index in [0.717, 1.165) is 55.7 Å². The quantitative estimate of drug-likeness (QED) is 0.311. The van der Waals surface area contributed by atoms with Crippen LogP contribution in [0.5, 0.6) is 0 Å². The van der Waals surface area contributed by atoms with Crippen LogP contribution < -0.4 is 5.32 Å². The van der Waals surface area contributed by atoms with Crippen LogP contribution in [0.1, 0.15) is 51.1 Å². The van der Waals surface area contributed by atoms with Gasteiger partial charge in [-0.3, -0.25) is 25.0 Å². The average Bonchev–Trinajstić information content (AvgIpc) is 3.02. The van der Waals surface area contributed by atoms with Crippen LogP contribution in [-0.2, 0) is 19.3 Å². The fourth-order valence-corrected chi connectivity index (χ4v) is 5.48. The summed E-state index contributed by atoms with van der Waals surface area (Å²) < 4.78 is 38.4. The molecule has 0 spiro atoms. The predicted octanol–water partition coefficient (Wildman–Crippen LogP) is 4.51. The van der Waals surface area contributed by atoms with Crippen LogP contribution >= 0.6 is 0 Å². The number of nitriles is 1. The Morgan fingerprint density at radius 3 is 2.00 bits per heavy atom. The number of pyridine rings is 1. The minimum Gasteiger partial charge on any atom is -0.354 e. The fourth-order valence-electron chi connectivity index (χ4n) is 5.48. The van der Waals surface area contributed by atoms with Crippen LogP contribution in [-0.4, -0.2) is 76.7 Å². The maximum absolute atomic E-state index is 12.8. The molecule has 43 heavy (non-hydrogen) atoms. The number of amides is 1. The average molecular weight is 590 g/mol. The lowest BCUT2D eigenvalue weighted by atomic mass is 10.0. The van der Waals surface area contributed by atoms with Gasteiger partial charge in [-0.2, -0.15) is 18.4 Å². The van der Waals surface area contributed by atoms with Gasteiger partial charge in [-0.05, 0) is 60.4 Å². The van der Waals surface area contributed by atoms with Gasteiger partial charge < -0.3 is 10.2 Å². The summed E-state index contributed by atoms with van der Waals surface area (Å²) in [5, 5.41) is 20.7. The van der Waals surface area contributed by atoms with Crippen molar-refractivity contribution in [1.82, 2.24) is 25.0 Å². The number of aromatic nitrogens is 1. The number of carbonyl (C=O) groups is 1. The van der Waals surface area contributed by atoms with E-state index in [0.29, 0.717) is 55.4 Å². The number of piperidine rings is 1. The van der Waals surface area contributed by atoms with Crippen molar-refractivity contribution >= 4 is 11.7 Å². The highest BCUT2D eigenvalue weighted by Gasteiger charge is 2.30. The predicted molar refractivity (Wildman–Crippen MR) is 156 cm³/mol. The summed E-state index contributed by atoms with van der Waals surface area (Å²) in [5.74, 6) is 0.115. The van der Waals surface area contributed by atoms with Crippen LogP contribution in [0, 0.1) is 16.7 Å². The maximum Gasteiger partial charge on any atom is 0.416 e.